The van der Waals surface area contributed by atoms with Crippen molar-refractivity contribution >= 4 is 29.9 Å². The van der Waals surface area contributed by atoms with E-state index in [0.29, 0.717) is 6.54 Å². The number of guanidine groups is 1. The van der Waals surface area contributed by atoms with Gasteiger partial charge in [-0.05, 0) is 38.0 Å². The standard InChI is InChI=1S/C22H32N4O2.HI/c1-3-23-22(24-12-11-19-7-5-4-6-8-19)25-17-20(21-10-9-18(2)28-21)26-13-15-27-16-14-26;/h4-10,20H,3,11-17H2,1-2H3,(H2,23,24,25);1H. The lowest BCUT2D eigenvalue weighted by atomic mass is 10.1. The summed E-state index contributed by atoms with van der Waals surface area (Å²) in [6.07, 6.45) is 0.968. The maximum absolute atomic E-state index is 5.94. The number of hydrogen-bond acceptors (Lipinski definition) is 4. The fourth-order valence-electron chi connectivity index (χ4n) is 3.40. The average molecular weight is 512 g/mol. The lowest BCUT2D eigenvalue weighted by molar-refractivity contribution is 0.0135. The molecule has 7 heteroatoms. The summed E-state index contributed by atoms with van der Waals surface area (Å²) in [5.74, 6) is 2.76. The molecule has 1 unspecified atom stereocenters. The number of hydrogen-bond donors (Lipinski definition) is 2. The van der Waals surface area contributed by atoms with E-state index in [1.165, 1.54) is 5.56 Å². The minimum atomic E-state index is 0. The van der Waals surface area contributed by atoms with Gasteiger partial charge in [0.1, 0.15) is 11.5 Å². The van der Waals surface area contributed by atoms with Gasteiger partial charge in [0.15, 0.2) is 5.96 Å². The molecule has 1 aromatic carbocycles. The summed E-state index contributed by atoms with van der Waals surface area (Å²) >= 11 is 0. The third kappa shape index (κ3) is 7.64. The summed E-state index contributed by atoms with van der Waals surface area (Å²) in [6, 6.07) is 14.7. The number of nitrogens with zero attached hydrogens (tertiary/aromatic N) is 2. The van der Waals surface area contributed by atoms with Gasteiger partial charge >= 0.3 is 0 Å². The van der Waals surface area contributed by atoms with E-state index >= 15 is 0 Å². The van der Waals surface area contributed by atoms with Crippen LogP contribution in [-0.4, -0.2) is 56.8 Å². The Bertz CT molecular complexity index is 729. The van der Waals surface area contributed by atoms with Crippen molar-refractivity contribution in [1.29, 1.82) is 0 Å². The van der Waals surface area contributed by atoms with Crippen LogP contribution in [0, 0.1) is 6.92 Å². The highest BCUT2D eigenvalue weighted by Gasteiger charge is 2.25. The van der Waals surface area contributed by atoms with Crippen LogP contribution in [0.15, 0.2) is 51.9 Å². The van der Waals surface area contributed by atoms with Crippen molar-refractivity contribution < 1.29 is 9.15 Å². The first-order chi connectivity index (χ1) is 13.8. The summed E-state index contributed by atoms with van der Waals surface area (Å²) in [5.41, 5.74) is 1.32. The van der Waals surface area contributed by atoms with E-state index in [4.69, 9.17) is 14.1 Å². The number of rotatable bonds is 8. The van der Waals surface area contributed by atoms with Gasteiger partial charge in [-0.1, -0.05) is 30.3 Å². The molecule has 1 aliphatic heterocycles. The van der Waals surface area contributed by atoms with Crippen LogP contribution >= 0.6 is 24.0 Å². The van der Waals surface area contributed by atoms with Crippen molar-refractivity contribution in [2.75, 3.05) is 45.9 Å². The van der Waals surface area contributed by atoms with Crippen molar-refractivity contribution in [2.45, 2.75) is 26.3 Å². The third-order valence-corrected chi connectivity index (χ3v) is 4.89. The molecule has 6 nitrogen and oxygen atoms in total. The summed E-state index contributed by atoms with van der Waals surface area (Å²) in [7, 11) is 0. The molecule has 160 valence electrons. The highest BCUT2D eigenvalue weighted by molar-refractivity contribution is 14.0. The van der Waals surface area contributed by atoms with Crippen LogP contribution in [-0.2, 0) is 11.2 Å². The molecule has 2 heterocycles. The number of furan rings is 1. The second kappa shape index (κ2) is 12.9. The molecule has 2 aromatic rings. The number of nitrogens with one attached hydrogen (secondary N) is 2. The molecule has 1 fully saturated rings. The van der Waals surface area contributed by atoms with Crippen molar-refractivity contribution in [3.63, 3.8) is 0 Å². The van der Waals surface area contributed by atoms with E-state index in [1.54, 1.807) is 0 Å². The van der Waals surface area contributed by atoms with Crippen LogP contribution in [0.3, 0.4) is 0 Å². The Morgan fingerprint density at radius 2 is 1.86 bits per heavy atom. The number of aryl methyl sites for hydroxylation is 1. The number of morpholine rings is 1. The van der Waals surface area contributed by atoms with Crippen molar-refractivity contribution in [3.8, 4) is 0 Å². The Morgan fingerprint density at radius 1 is 1.10 bits per heavy atom. The van der Waals surface area contributed by atoms with Crippen LogP contribution in [0.1, 0.15) is 30.0 Å². The van der Waals surface area contributed by atoms with Gasteiger partial charge in [-0.25, -0.2) is 0 Å². The Balaban J connectivity index is 0.00000300. The summed E-state index contributed by atoms with van der Waals surface area (Å²) in [6.45, 7) is 9.72. The third-order valence-electron chi connectivity index (χ3n) is 4.89. The first-order valence-corrected chi connectivity index (χ1v) is 10.2. The minimum absolute atomic E-state index is 0. The summed E-state index contributed by atoms with van der Waals surface area (Å²) in [4.78, 5) is 7.26. The first kappa shape index (κ1) is 23.7. The zero-order valence-electron chi connectivity index (χ0n) is 17.4. The van der Waals surface area contributed by atoms with Crippen molar-refractivity contribution in [1.82, 2.24) is 15.5 Å². The SMILES string of the molecule is CCNC(=NCC(c1ccc(C)o1)N1CCOCC1)NCCc1ccccc1.I. The zero-order valence-corrected chi connectivity index (χ0v) is 19.7. The smallest absolute Gasteiger partial charge is 0.191 e. The molecule has 0 bridgehead atoms. The van der Waals surface area contributed by atoms with E-state index in [2.05, 4.69) is 52.8 Å². The molecule has 3 rings (SSSR count). The lowest BCUT2D eigenvalue weighted by Gasteiger charge is -2.32. The predicted octanol–water partition coefficient (Wildman–Crippen LogP) is 3.38. The first-order valence-electron chi connectivity index (χ1n) is 10.2. The number of benzene rings is 1. The van der Waals surface area contributed by atoms with Gasteiger partial charge in [0, 0.05) is 26.2 Å². The molecule has 1 atom stereocenters. The molecule has 0 amide bonds. The largest absolute Gasteiger partial charge is 0.465 e. The molecule has 0 aliphatic carbocycles. The quantitative estimate of drug-likeness (QED) is 0.323. The molecule has 0 spiro atoms. The summed E-state index contributed by atoms with van der Waals surface area (Å²) in [5, 5.41) is 6.80. The Hall–Kier alpha value is -1.58. The van der Waals surface area contributed by atoms with Crippen molar-refractivity contribution in [2.24, 2.45) is 4.99 Å². The molecular weight excluding hydrogens is 479 g/mol. The molecule has 2 N–H and O–H groups in total. The van der Waals surface area contributed by atoms with E-state index in [1.807, 2.05) is 19.1 Å². The normalized spacial score (nSPS) is 16.1. The van der Waals surface area contributed by atoms with E-state index in [-0.39, 0.29) is 30.0 Å². The second-order valence-electron chi connectivity index (χ2n) is 6.99. The molecule has 0 radical (unpaired) electrons. The molecule has 0 saturated carbocycles. The van der Waals surface area contributed by atoms with Gasteiger partial charge in [0.25, 0.3) is 0 Å². The fraction of sp³-hybridized carbons (Fsp3) is 0.500. The zero-order chi connectivity index (χ0) is 19.6. The number of aliphatic imine (C=N–C) groups is 1. The highest BCUT2D eigenvalue weighted by Crippen LogP contribution is 2.24. The van der Waals surface area contributed by atoms with Gasteiger partial charge in [0.2, 0.25) is 0 Å². The Morgan fingerprint density at radius 3 is 2.52 bits per heavy atom. The topological polar surface area (TPSA) is 62.0 Å². The van der Waals surface area contributed by atoms with Gasteiger partial charge < -0.3 is 19.8 Å². The van der Waals surface area contributed by atoms with E-state index in [9.17, 15) is 0 Å². The Labute approximate surface area is 191 Å². The van der Waals surface area contributed by atoms with E-state index < -0.39 is 0 Å². The molecule has 29 heavy (non-hydrogen) atoms. The predicted molar refractivity (Wildman–Crippen MR) is 128 cm³/mol. The van der Waals surface area contributed by atoms with Gasteiger partial charge in [-0.2, -0.15) is 0 Å². The lowest BCUT2D eigenvalue weighted by Crippen LogP contribution is -2.42. The maximum atomic E-state index is 5.94. The molecule has 1 saturated heterocycles. The highest BCUT2D eigenvalue weighted by atomic mass is 127. The fourth-order valence-corrected chi connectivity index (χ4v) is 3.40. The monoisotopic (exact) mass is 512 g/mol. The van der Waals surface area contributed by atoms with Crippen LogP contribution in [0.25, 0.3) is 0 Å². The van der Waals surface area contributed by atoms with E-state index in [0.717, 1.165) is 63.3 Å². The summed E-state index contributed by atoms with van der Waals surface area (Å²) < 4.78 is 11.5. The molecular formula is C22H33IN4O2. The van der Waals surface area contributed by atoms with Crippen LogP contribution in [0.5, 0.6) is 0 Å². The van der Waals surface area contributed by atoms with Crippen LogP contribution in [0.2, 0.25) is 0 Å². The number of halogens is 1. The van der Waals surface area contributed by atoms with Crippen LogP contribution in [0.4, 0.5) is 0 Å². The minimum Gasteiger partial charge on any atom is -0.465 e. The maximum Gasteiger partial charge on any atom is 0.191 e. The van der Waals surface area contributed by atoms with Gasteiger partial charge in [-0.3, -0.25) is 9.89 Å². The molecule has 1 aromatic heterocycles. The van der Waals surface area contributed by atoms with Gasteiger partial charge in [0.05, 0.1) is 25.8 Å². The number of ether oxygens (including phenoxy) is 1. The average Bonchev–Trinajstić information content (AvgIpc) is 3.16. The second-order valence-corrected chi connectivity index (χ2v) is 6.99. The van der Waals surface area contributed by atoms with Crippen molar-refractivity contribution in [3.05, 3.63) is 59.5 Å². The van der Waals surface area contributed by atoms with Gasteiger partial charge in [-0.15, -0.1) is 24.0 Å². The van der Waals surface area contributed by atoms with Crippen LogP contribution < -0.4 is 10.6 Å². The molecule has 1 aliphatic rings. The Kier molecular flexibility index (Phi) is 10.5.